The van der Waals surface area contributed by atoms with E-state index in [1.807, 2.05) is 25.1 Å². The number of nitriles is 1. The molecule has 6 rings (SSSR count). The molecule has 0 saturated heterocycles. The van der Waals surface area contributed by atoms with Crippen molar-refractivity contribution in [3.05, 3.63) is 105 Å². The molecule has 1 atom stereocenters. The summed E-state index contributed by atoms with van der Waals surface area (Å²) < 4.78 is 9.94. The number of aryl methyl sites for hydroxylation is 2. The second-order valence-corrected chi connectivity index (χ2v) is 14.5. The molecule has 2 aliphatic rings. The summed E-state index contributed by atoms with van der Waals surface area (Å²) >= 11 is 3.08. The van der Waals surface area contributed by atoms with Crippen molar-refractivity contribution in [2.75, 3.05) is 6.61 Å². The Morgan fingerprint density at radius 3 is 2.57 bits per heavy atom. The molecule has 1 aromatic carbocycles. The number of hydrogen-bond acceptors (Lipinski definition) is 7. The van der Waals surface area contributed by atoms with Gasteiger partial charge in [-0.1, -0.05) is 62.8 Å². The van der Waals surface area contributed by atoms with Crippen LogP contribution < -0.4 is 14.9 Å². The Labute approximate surface area is 277 Å². The lowest BCUT2D eigenvalue weighted by Crippen LogP contribution is -2.40. The molecular weight excluding hydrogens is 613 g/mol. The number of nitrogens with zero attached hydrogens (tertiary/aromatic N) is 4. The van der Waals surface area contributed by atoms with E-state index < -0.39 is 12.0 Å². The number of ether oxygens (including phenoxy) is 1. The summed E-state index contributed by atoms with van der Waals surface area (Å²) in [5.74, 6) is -0.0768. The lowest BCUT2D eigenvalue weighted by molar-refractivity contribution is -0.139. The molecule has 9 heteroatoms. The minimum absolute atomic E-state index is 0.187. The van der Waals surface area contributed by atoms with E-state index in [1.165, 1.54) is 27.3 Å². The predicted octanol–water partition coefficient (Wildman–Crippen LogP) is 6.92. The van der Waals surface area contributed by atoms with Crippen molar-refractivity contribution in [3.63, 3.8) is 0 Å². The van der Waals surface area contributed by atoms with E-state index in [-0.39, 0.29) is 12.2 Å². The average Bonchev–Trinajstić information content (AvgIpc) is 3.65. The second kappa shape index (κ2) is 13.0. The summed E-state index contributed by atoms with van der Waals surface area (Å²) in [6.45, 7) is 12.5. The van der Waals surface area contributed by atoms with Crippen LogP contribution in [-0.4, -0.2) is 21.7 Å². The smallest absolute Gasteiger partial charge is 0.338 e. The Morgan fingerprint density at radius 1 is 1.15 bits per heavy atom. The molecule has 0 radical (unpaired) electrons. The van der Waals surface area contributed by atoms with Gasteiger partial charge in [0.2, 0.25) is 0 Å². The van der Waals surface area contributed by atoms with Gasteiger partial charge in [-0.05, 0) is 93.2 Å². The van der Waals surface area contributed by atoms with E-state index in [9.17, 15) is 14.9 Å². The van der Waals surface area contributed by atoms with E-state index in [2.05, 4.69) is 56.5 Å². The van der Waals surface area contributed by atoms with Crippen LogP contribution in [0.25, 0.3) is 11.1 Å². The van der Waals surface area contributed by atoms with Crippen LogP contribution in [-0.2, 0) is 22.4 Å². The molecule has 0 saturated carbocycles. The molecule has 0 N–H and O–H groups in total. The minimum atomic E-state index is -0.636. The van der Waals surface area contributed by atoms with Crippen LogP contribution in [0, 0.1) is 25.2 Å². The molecule has 46 heavy (non-hydrogen) atoms. The van der Waals surface area contributed by atoms with Gasteiger partial charge >= 0.3 is 5.97 Å². The SMILES string of the molecule is CCCC1=C(C(=O)OCC)[C@H](c2ccc(C(C)C)cc2)n2c(s/c(=C/c3cc(C)n(-c4sc5c(c4C#N)CCCC5)c3C)c2=O)=N1. The summed E-state index contributed by atoms with van der Waals surface area (Å²) in [6.07, 6.45) is 7.61. The van der Waals surface area contributed by atoms with E-state index in [0.29, 0.717) is 32.9 Å². The fraction of sp³-hybridized carbons (Fsp3) is 0.405. The highest BCUT2D eigenvalue weighted by atomic mass is 32.1. The zero-order chi connectivity index (χ0) is 32.7. The number of aromatic nitrogens is 2. The third-order valence-electron chi connectivity index (χ3n) is 9.04. The maximum atomic E-state index is 14.3. The van der Waals surface area contributed by atoms with Gasteiger partial charge < -0.3 is 9.30 Å². The zero-order valence-corrected chi connectivity index (χ0v) is 29.0. The fourth-order valence-corrected chi connectivity index (χ4v) is 9.17. The largest absolute Gasteiger partial charge is 0.463 e. The molecule has 0 spiro atoms. The Morgan fingerprint density at radius 2 is 1.89 bits per heavy atom. The summed E-state index contributed by atoms with van der Waals surface area (Å²) in [4.78, 5) is 34.7. The summed E-state index contributed by atoms with van der Waals surface area (Å²) in [7, 11) is 0. The van der Waals surface area contributed by atoms with E-state index in [0.717, 1.165) is 65.2 Å². The normalized spacial score (nSPS) is 16.3. The lowest BCUT2D eigenvalue weighted by atomic mass is 9.92. The topological polar surface area (TPSA) is 89.4 Å². The minimum Gasteiger partial charge on any atom is -0.463 e. The van der Waals surface area contributed by atoms with Gasteiger partial charge in [-0.3, -0.25) is 9.36 Å². The van der Waals surface area contributed by atoms with Crippen molar-refractivity contribution < 1.29 is 9.53 Å². The third kappa shape index (κ3) is 5.52. The van der Waals surface area contributed by atoms with E-state index in [4.69, 9.17) is 9.73 Å². The maximum Gasteiger partial charge on any atom is 0.338 e. The first-order valence-corrected chi connectivity index (χ1v) is 17.9. The Hall–Kier alpha value is -4.00. The standard InChI is InChI=1S/C37H40N4O3S2/c1-7-11-29-32(36(43)44-8-2)33(25-16-14-24(15-17-25)21(3)4)41-34(42)31(46-37(41)39-29)19-26-18-22(5)40(23(26)6)35-28(20-38)27-12-9-10-13-30(27)45-35/h14-19,21,33H,7-13H2,1-6H3/b31-19+/t33-/m0/s1. The maximum absolute atomic E-state index is 14.3. The van der Waals surface area contributed by atoms with Crippen LogP contribution >= 0.6 is 22.7 Å². The molecule has 0 fully saturated rings. The van der Waals surface area contributed by atoms with Crippen molar-refractivity contribution in [1.82, 2.24) is 9.13 Å². The quantitative estimate of drug-likeness (QED) is 0.193. The Kier molecular flexibility index (Phi) is 9.04. The molecule has 0 bridgehead atoms. The third-order valence-corrected chi connectivity index (χ3v) is 11.3. The van der Waals surface area contributed by atoms with Crippen LogP contribution in [0.4, 0.5) is 0 Å². The molecule has 1 aliphatic heterocycles. The van der Waals surface area contributed by atoms with Gasteiger partial charge in [-0.15, -0.1) is 11.3 Å². The highest BCUT2D eigenvalue weighted by molar-refractivity contribution is 7.15. The highest BCUT2D eigenvalue weighted by Crippen LogP contribution is 2.38. The van der Waals surface area contributed by atoms with Gasteiger partial charge in [0.15, 0.2) is 4.80 Å². The van der Waals surface area contributed by atoms with Crippen molar-refractivity contribution in [2.45, 2.75) is 92.0 Å². The van der Waals surface area contributed by atoms with Gasteiger partial charge in [0.25, 0.3) is 5.56 Å². The van der Waals surface area contributed by atoms with E-state index in [1.54, 1.807) is 22.8 Å². The van der Waals surface area contributed by atoms with Crippen molar-refractivity contribution in [2.24, 2.45) is 4.99 Å². The summed E-state index contributed by atoms with van der Waals surface area (Å²) in [6, 6.07) is 12.1. The monoisotopic (exact) mass is 652 g/mol. The van der Waals surface area contributed by atoms with Crippen LogP contribution in [0.2, 0.25) is 0 Å². The number of carbonyl (C=O) groups is 1. The molecule has 0 unspecified atom stereocenters. The van der Waals surface area contributed by atoms with Crippen LogP contribution in [0.1, 0.15) is 109 Å². The van der Waals surface area contributed by atoms with Gasteiger partial charge in [0.05, 0.1) is 34.0 Å². The molecule has 3 aromatic heterocycles. The first kappa shape index (κ1) is 32.0. The number of esters is 1. The number of thiophene rings is 1. The summed E-state index contributed by atoms with van der Waals surface area (Å²) in [5.41, 5.74) is 7.88. The Balaban J connectivity index is 1.52. The second-order valence-electron chi connectivity index (χ2n) is 12.4. The molecule has 7 nitrogen and oxygen atoms in total. The summed E-state index contributed by atoms with van der Waals surface area (Å²) in [5, 5.41) is 11.1. The number of carbonyl (C=O) groups excluding carboxylic acids is 1. The van der Waals surface area contributed by atoms with Crippen molar-refractivity contribution in [3.8, 4) is 11.1 Å². The van der Waals surface area contributed by atoms with Crippen LogP contribution in [0.3, 0.4) is 0 Å². The fourth-order valence-electron chi connectivity index (χ4n) is 6.71. The predicted molar refractivity (Wildman–Crippen MR) is 185 cm³/mol. The number of allylic oxidation sites excluding steroid dienone is 1. The van der Waals surface area contributed by atoms with E-state index >= 15 is 0 Å². The number of rotatable bonds is 8. The first-order valence-electron chi connectivity index (χ1n) is 16.2. The number of thiazole rings is 1. The molecule has 4 aromatic rings. The Bertz CT molecular complexity index is 2080. The highest BCUT2D eigenvalue weighted by Gasteiger charge is 2.34. The van der Waals surface area contributed by atoms with Gasteiger partial charge in [-0.2, -0.15) is 5.26 Å². The number of benzene rings is 1. The molecule has 1 aliphatic carbocycles. The number of fused-ring (bicyclic) bond motifs is 2. The molecule has 0 amide bonds. The molecular formula is C37H40N4O3S2. The lowest BCUT2D eigenvalue weighted by Gasteiger charge is -2.26. The average molecular weight is 653 g/mol. The van der Waals surface area contributed by atoms with Gasteiger partial charge in [0, 0.05) is 16.3 Å². The van der Waals surface area contributed by atoms with Gasteiger partial charge in [-0.25, -0.2) is 9.79 Å². The van der Waals surface area contributed by atoms with Crippen LogP contribution in [0.15, 0.2) is 51.4 Å². The van der Waals surface area contributed by atoms with Crippen molar-refractivity contribution in [1.29, 1.82) is 5.26 Å². The van der Waals surface area contributed by atoms with Gasteiger partial charge in [0.1, 0.15) is 11.1 Å². The first-order chi connectivity index (χ1) is 22.2. The number of hydrogen-bond donors (Lipinski definition) is 0. The molecule has 4 heterocycles. The molecule has 238 valence electrons. The van der Waals surface area contributed by atoms with Crippen molar-refractivity contribution >= 4 is 34.7 Å². The van der Waals surface area contributed by atoms with Crippen LogP contribution in [0.5, 0.6) is 0 Å². The zero-order valence-electron chi connectivity index (χ0n) is 27.4.